The van der Waals surface area contributed by atoms with E-state index in [0.29, 0.717) is 9.92 Å². The van der Waals surface area contributed by atoms with E-state index in [9.17, 15) is 13.4 Å². The second-order valence-electron chi connectivity index (χ2n) is 4.22. The molecule has 0 aliphatic rings. The Kier molecular flexibility index (Phi) is 5.09. The zero-order chi connectivity index (χ0) is 15.4. The molecule has 0 N–H and O–H groups in total. The molecule has 2 aromatic rings. The molecule has 0 amide bonds. The first-order chi connectivity index (χ1) is 10.0. The van der Waals surface area contributed by atoms with Crippen molar-refractivity contribution < 1.29 is 18.1 Å². The van der Waals surface area contributed by atoms with E-state index in [2.05, 4.69) is 0 Å². The summed E-state index contributed by atoms with van der Waals surface area (Å²) in [5, 5.41) is 0.441. The molecule has 0 bridgehead atoms. The maximum Gasteiger partial charge on any atom is 0.179 e. The van der Waals surface area contributed by atoms with Gasteiger partial charge in [-0.3, -0.25) is 9.00 Å². The highest BCUT2D eigenvalue weighted by molar-refractivity contribution is 7.85. The van der Waals surface area contributed by atoms with Crippen LogP contribution in [0.3, 0.4) is 0 Å². The monoisotopic (exact) mass is 326 g/mol. The zero-order valence-corrected chi connectivity index (χ0v) is 12.7. The maximum absolute atomic E-state index is 13.3. The average molecular weight is 327 g/mol. The van der Waals surface area contributed by atoms with Crippen LogP contribution in [-0.4, -0.2) is 22.9 Å². The minimum Gasteiger partial charge on any atom is -0.496 e. The number of ketones is 1. The third kappa shape index (κ3) is 3.89. The Morgan fingerprint density at radius 3 is 2.71 bits per heavy atom. The molecule has 1 atom stereocenters. The molecular formula is C15H12ClFO3S. The second kappa shape index (κ2) is 6.83. The van der Waals surface area contributed by atoms with E-state index in [1.165, 1.54) is 25.3 Å². The fraction of sp³-hybridized carbons (Fsp3) is 0.133. The van der Waals surface area contributed by atoms with Gasteiger partial charge in [-0.05, 0) is 36.4 Å². The number of carbonyl (C=O) groups excluding carboxylic acids is 1. The fourth-order valence-electron chi connectivity index (χ4n) is 1.79. The number of rotatable bonds is 5. The molecule has 0 heterocycles. The van der Waals surface area contributed by atoms with Gasteiger partial charge in [0.25, 0.3) is 0 Å². The lowest BCUT2D eigenvalue weighted by atomic mass is 10.1. The van der Waals surface area contributed by atoms with Crippen LogP contribution >= 0.6 is 11.6 Å². The maximum atomic E-state index is 13.3. The standard InChI is InChI=1S/C15H12ClFO3S/c1-20-15-6-5-11(17)8-13(15)14(18)9-21(19)12-4-2-3-10(16)7-12/h2-8H,9H2,1H3. The van der Waals surface area contributed by atoms with Crippen molar-refractivity contribution in [2.75, 3.05) is 12.9 Å². The predicted molar refractivity (Wildman–Crippen MR) is 80.0 cm³/mol. The molecule has 0 aliphatic heterocycles. The van der Waals surface area contributed by atoms with E-state index < -0.39 is 22.4 Å². The van der Waals surface area contributed by atoms with Crippen LogP contribution in [0.5, 0.6) is 5.75 Å². The van der Waals surface area contributed by atoms with Crippen LogP contribution in [0.15, 0.2) is 47.4 Å². The van der Waals surface area contributed by atoms with E-state index in [-0.39, 0.29) is 17.1 Å². The lowest BCUT2D eigenvalue weighted by Crippen LogP contribution is -2.12. The van der Waals surface area contributed by atoms with Gasteiger partial charge >= 0.3 is 0 Å². The molecule has 0 spiro atoms. The van der Waals surface area contributed by atoms with Crippen molar-refractivity contribution in [3.05, 3.63) is 58.9 Å². The Hall–Kier alpha value is -1.72. The molecule has 0 fully saturated rings. The summed E-state index contributed by atoms with van der Waals surface area (Å²) in [5.74, 6) is -1.01. The van der Waals surface area contributed by atoms with Crippen molar-refractivity contribution in [3.8, 4) is 5.75 Å². The minimum atomic E-state index is -1.55. The van der Waals surface area contributed by atoms with Crippen molar-refractivity contribution in [1.82, 2.24) is 0 Å². The lowest BCUT2D eigenvalue weighted by molar-refractivity contribution is 0.101. The quantitative estimate of drug-likeness (QED) is 0.790. The molecule has 1 unspecified atom stereocenters. The first-order valence-electron chi connectivity index (χ1n) is 6.02. The van der Waals surface area contributed by atoms with E-state index in [4.69, 9.17) is 16.3 Å². The summed E-state index contributed by atoms with van der Waals surface area (Å²) in [6, 6.07) is 10.1. The van der Waals surface area contributed by atoms with E-state index >= 15 is 0 Å². The number of benzene rings is 2. The number of halogens is 2. The van der Waals surface area contributed by atoms with Crippen LogP contribution in [0.1, 0.15) is 10.4 Å². The molecule has 0 saturated heterocycles. The molecule has 21 heavy (non-hydrogen) atoms. The summed E-state index contributed by atoms with van der Waals surface area (Å²) >= 11 is 5.82. The Balaban J connectivity index is 2.22. The molecule has 0 saturated carbocycles. The summed E-state index contributed by atoms with van der Waals surface area (Å²) in [6.45, 7) is 0. The van der Waals surface area contributed by atoms with E-state index in [1.54, 1.807) is 18.2 Å². The average Bonchev–Trinajstić information content (AvgIpc) is 2.47. The SMILES string of the molecule is COc1ccc(F)cc1C(=O)CS(=O)c1cccc(Cl)c1. The van der Waals surface area contributed by atoms with Crippen LogP contribution < -0.4 is 4.74 Å². The first-order valence-corrected chi connectivity index (χ1v) is 7.71. The first kappa shape index (κ1) is 15.7. The molecule has 6 heteroatoms. The van der Waals surface area contributed by atoms with Crippen LogP contribution in [0.25, 0.3) is 0 Å². The van der Waals surface area contributed by atoms with Crippen LogP contribution in [0.4, 0.5) is 4.39 Å². The Labute approximate surface area is 129 Å². The number of methoxy groups -OCH3 is 1. The van der Waals surface area contributed by atoms with Crippen molar-refractivity contribution >= 4 is 28.2 Å². The van der Waals surface area contributed by atoms with Gasteiger partial charge in [-0.2, -0.15) is 0 Å². The topological polar surface area (TPSA) is 43.4 Å². The normalized spacial score (nSPS) is 12.0. The van der Waals surface area contributed by atoms with Gasteiger partial charge in [-0.15, -0.1) is 0 Å². The van der Waals surface area contributed by atoms with Crippen LogP contribution in [-0.2, 0) is 10.8 Å². The van der Waals surface area contributed by atoms with Gasteiger partial charge < -0.3 is 4.74 Å². The molecule has 110 valence electrons. The Bertz CT molecular complexity index is 703. The van der Waals surface area contributed by atoms with Crippen molar-refractivity contribution in [2.45, 2.75) is 4.90 Å². The summed E-state index contributed by atoms with van der Waals surface area (Å²) in [6.07, 6.45) is 0. The zero-order valence-electron chi connectivity index (χ0n) is 11.1. The van der Waals surface area contributed by atoms with E-state index in [0.717, 1.165) is 6.07 Å². The van der Waals surface area contributed by atoms with Crippen LogP contribution in [0.2, 0.25) is 5.02 Å². The van der Waals surface area contributed by atoms with E-state index in [1.807, 2.05) is 0 Å². The molecule has 0 aromatic heterocycles. The van der Waals surface area contributed by atoms with Crippen molar-refractivity contribution in [3.63, 3.8) is 0 Å². The van der Waals surface area contributed by atoms with Gasteiger partial charge in [0.2, 0.25) is 0 Å². The summed E-state index contributed by atoms with van der Waals surface area (Å²) in [7, 11) is -0.166. The largest absolute Gasteiger partial charge is 0.496 e. The molecule has 0 aliphatic carbocycles. The third-order valence-corrected chi connectivity index (χ3v) is 4.32. The fourth-order valence-corrected chi connectivity index (χ4v) is 3.09. The number of hydrogen-bond acceptors (Lipinski definition) is 3. The van der Waals surface area contributed by atoms with Gasteiger partial charge in [-0.1, -0.05) is 17.7 Å². The smallest absolute Gasteiger partial charge is 0.179 e. The third-order valence-electron chi connectivity index (χ3n) is 2.78. The van der Waals surface area contributed by atoms with Gasteiger partial charge in [0, 0.05) is 9.92 Å². The van der Waals surface area contributed by atoms with Gasteiger partial charge in [0.15, 0.2) is 5.78 Å². The molecule has 0 radical (unpaired) electrons. The van der Waals surface area contributed by atoms with Gasteiger partial charge in [-0.25, -0.2) is 4.39 Å². The number of hydrogen-bond donors (Lipinski definition) is 0. The Morgan fingerprint density at radius 2 is 2.05 bits per heavy atom. The highest BCUT2D eigenvalue weighted by Crippen LogP contribution is 2.21. The second-order valence-corrected chi connectivity index (χ2v) is 6.10. The lowest BCUT2D eigenvalue weighted by Gasteiger charge is -2.08. The predicted octanol–water partition coefficient (Wildman–Crippen LogP) is 3.48. The van der Waals surface area contributed by atoms with Crippen LogP contribution in [0, 0.1) is 5.82 Å². The van der Waals surface area contributed by atoms with Crippen molar-refractivity contribution in [2.24, 2.45) is 0 Å². The highest BCUT2D eigenvalue weighted by atomic mass is 35.5. The number of Topliss-reactive ketones (excluding diaryl/α,β-unsaturated/α-hetero) is 1. The Morgan fingerprint density at radius 1 is 1.29 bits per heavy atom. The minimum absolute atomic E-state index is 0.0767. The molecule has 2 rings (SSSR count). The number of ether oxygens (including phenoxy) is 1. The van der Waals surface area contributed by atoms with Gasteiger partial charge in [0.1, 0.15) is 11.6 Å². The summed E-state index contributed by atoms with van der Waals surface area (Å²) in [4.78, 5) is 12.6. The molecule has 2 aromatic carbocycles. The summed E-state index contributed by atoms with van der Waals surface area (Å²) < 4.78 is 30.4. The highest BCUT2D eigenvalue weighted by Gasteiger charge is 2.17. The molecule has 3 nitrogen and oxygen atoms in total. The molecular weight excluding hydrogens is 315 g/mol. The summed E-state index contributed by atoms with van der Waals surface area (Å²) in [5.41, 5.74) is 0.0767. The van der Waals surface area contributed by atoms with Gasteiger partial charge in [0.05, 0.1) is 29.2 Å². The van der Waals surface area contributed by atoms with Crippen molar-refractivity contribution in [1.29, 1.82) is 0 Å². The number of carbonyl (C=O) groups is 1.